The molecule has 1 heterocycles. The van der Waals surface area contributed by atoms with Gasteiger partial charge in [-0.3, -0.25) is 4.79 Å². The number of pyridine rings is 1. The summed E-state index contributed by atoms with van der Waals surface area (Å²) in [6.07, 6.45) is 1.57. The van der Waals surface area contributed by atoms with E-state index in [2.05, 4.69) is 29.5 Å². The molecule has 1 aromatic heterocycles. The van der Waals surface area contributed by atoms with Crippen LogP contribution in [0.4, 0.5) is 11.5 Å². The van der Waals surface area contributed by atoms with Gasteiger partial charge in [0.15, 0.2) is 0 Å². The van der Waals surface area contributed by atoms with E-state index in [1.54, 1.807) is 18.3 Å². The third kappa shape index (κ3) is 5.03. The molecule has 0 radical (unpaired) electrons. The normalized spacial score (nSPS) is 11.6. The minimum Gasteiger partial charge on any atom is -0.370 e. The number of anilines is 2. The van der Waals surface area contributed by atoms with Gasteiger partial charge in [0.1, 0.15) is 5.82 Å². The van der Waals surface area contributed by atoms with Gasteiger partial charge >= 0.3 is 0 Å². The molecule has 0 aliphatic heterocycles. The third-order valence-corrected chi connectivity index (χ3v) is 5.44. The molecule has 1 amide bonds. The molecule has 0 saturated heterocycles. The van der Waals surface area contributed by atoms with Crippen molar-refractivity contribution in [3.8, 4) is 0 Å². The quantitative estimate of drug-likeness (QED) is 0.775. The second-order valence-electron chi connectivity index (χ2n) is 6.47. The Bertz CT molecular complexity index is 845. The Morgan fingerprint density at radius 1 is 1.12 bits per heavy atom. The predicted octanol–water partition coefficient (Wildman–Crippen LogP) is 2.65. The first-order chi connectivity index (χ1) is 12.2. The molecule has 2 rings (SSSR count). The summed E-state index contributed by atoms with van der Waals surface area (Å²) in [5, 5.41) is 5.94. The van der Waals surface area contributed by atoms with Gasteiger partial charge in [0, 0.05) is 26.2 Å². The van der Waals surface area contributed by atoms with Crippen molar-refractivity contribution in [3.05, 3.63) is 48.2 Å². The lowest BCUT2D eigenvalue weighted by Crippen LogP contribution is -2.22. The number of amides is 1. The maximum Gasteiger partial charge on any atom is 0.255 e. The van der Waals surface area contributed by atoms with E-state index >= 15 is 0 Å². The van der Waals surface area contributed by atoms with Crippen molar-refractivity contribution >= 4 is 27.4 Å². The summed E-state index contributed by atoms with van der Waals surface area (Å²) in [7, 11) is -0.588. The van der Waals surface area contributed by atoms with Crippen molar-refractivity contribution < 1.29 is 13.2 Å². The number of carbonyl (C=O) groups is 1. The average Bonchev–Trinajstić information content (AvgIpc) is 2.61. The van der Waals surface area contributed by atoms with Gasteiger partial charge in [0.2, 0.25) is 10.0 Å². The second-order valence-corrected chi connectivity index (χ2v) is 8.62. The molecular formula is C18H24N4O3S. The molecule has 7 nitrogen and oxygen atoms in total. The second kappa shape index (κ2) is 8.29. The van der Waals surface area contributed by atoms with Gasteiger partial charge in [-0.25, -0.2) is 17.7 Å². The van der Waals surface area contributed by atoms with Crippen LogP contribution in [0.25, 0.3) is 0 Å². The zero-order valence-electron chi connectivity index (χ0n) is 15.4. The molecular weight excluding hydrogens is 352 g/mol. The lowest BCUT2D eigenvalue weighted by Gasteiger charge is -2.12. The standard InChI is InChI=1S/C18H24N4O3S/c1-13(2)11-19-17-10-7-15(12-20-17)21-18(23)14-5-8-16(9-6-14)26(24,25)22(3)4/h5-10,12-13H,11H2,1-4H3,(H,19,20)(H,21,23). The van der Waals surface area contributed by atoms with E-state index in [1.165, 1.54) is 38.4 Å². The predicted molar refractivity (Wildman–Crippen MR) is 103 cm³/mol. The van der Waals surface area contributed by atoms with Crippen LogP contribution >= 0.6 is 0 Å². The number of benzene rings is 1. The van der Waals surface area contributed by atoms with E-state index in [0.717, 1.165) is 16.7 Å². The van der Waals surface area contributed by atoms with Crippen molar-refractivity contribution in [1.29, 1.82) is 0 Å². The van der Waals surface area contributed by atoms with Crippen LogP contribution in [0.1, 0.15) is 24.2 Å². The van der Waals surface area contributed by atoms with Crippen molar-refractivity contribution in [2.75, 3.05) is 31.3 Å². The Morgan fingerprint density at radius 2 is 1.77 bits per heavy atom. The SMILES string of the molecule is CC(C)CNc1ccc(NC(=O)c2ccc(S(=O)(=O)N(C)C)cc2)cn1. The number of hydrogen-bond donors (Lipinski definition) is 2. The third-order valence-electron chi connectivity index (χ3n) is 3.61. The smallest absolute Gasteiger partial charge is 0.255 e. The van der Waals surface area contributed by atoms with Gasteiger partial charge in [-0.1, -0.05) is 13.8 Å². The molecule has 0 unspecified atom stereocenters. The van der Waals surface area contributed by atoms with Crippen LogP contribution in [0, 0.1) is 5.92 Å². The number of nitrogens with one attached hydrogen (secondary N) is 2. The fourth-order valence-corrected chi connectivity index (χ4v) is 2.98. The number of sulfonamides is 1. The van der Waals surface area contributed by atoms with Crippen molar-refractivity contribution in [2.24, 2.45) is 5.92 Å². The Balaban J connectivity index is 2.03. The molecule has 0 spiro atoms. The van der Waals surface area contributed by atoms with E-state index in [4.69, 9.17) is 0 Å². The number of aromatic nitrogens is 1. The molecule has 8 heteroatoms. The highest BCUT2D eigenvalue weighted by atomic mass is 32.2. The van der Waals surface area contributed by atoms with Gasteiger partial charge in [-0.15, -0.1) is 0 Å². The molecule has 1 aromatic carbocycles. The first kappa shape index (κ1) is 19.9. The molecule has 0 fully saturated rings. The van der Waals surface area contributed by atoms with Gasteiger partial charge < -0.3 is 10.6 Å². The average molecular weight is 376 g/mol. The molecule has 0 aliphatic rings. The van der Waals surface area contributed by atoms with Crippen LogP contribution in [-0.4, -0.2) is 44.3 Å². The van der Waals surface area contributed by atoms with E-state index in [1.807, 2.05) is 0 Å². The lowest BCUT2D eigenvalue weighted by molar-refractivity contribution is 0.102. The number of nitrogens with zero attached hydrogens (tertiary/aromatic N) is 2. The Hall–Kier alpha value is -2.45. The van der Waals surface area contributed by atoms with Crippen LogP contribution in [0.5, 0.6) is 0 Å². The van der Waals surface area contributed by atoms with Crippen LogP contribution < -0.4 is 10.6 Å². The minimum atomic E-state index is -3.51. The Morgan fingerprint density at radius 3 is 2.27 bits per heavy atom. The van der Waals surface area contributed by atoms with Gasteiger partial charge in [-0.2, -0.15) is 0 Å². The fraction of sp³-hybridized carbons (Fsp3) is 0.333. The number of carbonyl (C=O) groups excluding carboxylic acids is 1. The minimum absolute atomic E-state index is 0.140. The summed E-state index contributed by atoms with van der Waals surface area (Å²) >= 11 is 0. The Kier molecular flexibility index (Phi) is 6.33. The highest BCUT2D eigenvalue weighted by molar-refractivity contribution is 7.89. The zero-order valence-corrected chi connectivity index (χ0v) is 16.2. The highest BCUT2D eigenvalue weighted by Gasteiger charge is 2.17. The van der Waals surface area contributed by atoms with Crippen LogP contribution in [-0.2, 0) is 10.0 Å². The largest absolute Gasteiger partial charge is 0.370 e. The van der Waals surface area contributed by atoms with E-state index < -0.39 is 10.0 Å². The monoisotopic (exact) mass is 376 g/mol. The van der Waals surface area contributed by atoms with Gasteiger partial charge in [0.05, 0.1) is 16.8 Å². The lowest BCUT2D eigenvalue weighted by atomic mass is 10.2. The summed E-state index contributed by atoms with van der Waals surface area (Å²) in [6, 6.07) is 9.36. The molecule has 2 aromatic rings. The summed E-state index contributed by atoms with van der Waals surface area (Å²) in [6.45, 7) is 5.04. The highest BCUT2D eigenvalue weighted by Crippen LogP contribution is 2.16. The van der Waals surface area contributed by atoms with Crippen LogP contribution in [0.3, 0.4) is 0 Å². The molecule has 0 saturated carbocycles. The summed E-state index contributed by atoms with van der Waals surface area (Å²) < 4.78 is 25.2. The van der Waals surface area contributed by atoms with Crippen LogP contribution in [0.15, 0.2) is 47.5 Å². The first-order valence-corrected chi connectivity index (χ1v) is 9.68. The molecule has 2 N–H and O–H groups in total. The topological polar surface area (TPSA) is 91.4 Å². The number of rotatable bonds is 7. The van der Waals surface area contributed by atoms with Crippen molar-refractivity contribution in [3.63, 3.8) is 0 Å². The Labute approximate surface area is 154 Å². The molecule has 0 bridgehead atoms. The maximum absolute atomic E-state index is 12.3. The maximum atomic E-state index is 12.3. The summed E-state index contributed by atoms with van der Waals surface area (Å²) in [5.41, 5.74) is 0.930. The number of hydrogen-bond acceptors (Lipinski definition) is 5. The van der Waals surface area contributed by atoms with E-state index in [9.17, 15) is 13.2 Å². The fourth-order valence-electron chi connectivity index (χ4n) is 2.07. The van der Waals surface area contributed by atoms with Crippen LogP contribution in [0.2, 0.25) is 0 Å². The molecule has 0 atom stereocenters. The van der Waals surface area contributed by atoms with Crippen molar-refractivity contribution in [1.82, 2.24) is 9.29 Å². The zero-order chi connectivity index (χ0) is 19.3. The van der Waals surface area contributed by atoms with E-state index in [-0.39, 0.29) is 10.8 Å². The molecule has 140 valence electrons. The summed E-state index contributed by atoms with van der Waals surface area (Å²) in [4.78, 5) is 16.7. The van der Waals surface area contributed by atoms with E-state index in [0.29, 0.717) is 17.2 Å². The summed E-state index contributed by atoms with van der Waals surface area (Å²) in [5.74, 6) is 0.925. The van der Waals surface area contributed by atoms with Gasteiger partial charge in [0.25, 0.3) is 5.91 Å². The van der Waals surface area contributed by atoms with Crippen molar-refractivity contribution in [2.45, 2.75) is 18.7 Å². The molecule has 26 heavy (non-hydrogen) atoms. The van der Waals surface area contributed by atoms with Gasteiger partial charge in [-0.05, 0) is 42.3 Å². The first-order valence-electron chi connectivity index (χ1n) is 8.24. The molecule has 0 aliphatic carbocycles.